The van der Waals surface area contributed by atoms with Gasteiger partial charge in [-0.1, -0.05) is 0 Å². The molecule has 2 aliphatic rings. The van der Waals surface area contributed by atoms with Crippen LogP contribution in [0.1, 0.15) is 28.8 Å². The van der Waals surface area contributed by atoms with E-state index in [1.165, 1.54) is 0 Å². The summed E-state index contributed by atoms with van der Waals surface area (Å²) in [6.07, 6.45) is 4.15. The molecule has 0 aliphatic carbocycles. The molecule has 2 aromatic rings. The number of nitriles is 1. The van der Waals surface area contributed by atoms with Gasteiger partial charge in [-0.15, -0.1) is 0 Å². The van der Waals surface area contributed by atoms with Crippen LogP contribution in [0.5, 0.6) is 0 Å². The molecule has 2 aliphatic heterocycles. The van der Waals surface area contributed by atoms with E-state index in [9.17, 15) is 9.59 Å². The van der Waals surface area contributed by atoms with E-state index in [1.54, 1.807) is 12.3 Å². The van der Waals surface area contributed by atoms with Gasteiger partial charge in [0.2, 0.25) is 5.91 Å². The van der Waals surface area contributed by atoms with Crippen molar-refractivity contribution in [1.29, 1.82) is 5.26 Å². The average Bonchev–Trinajstić information content (AvgIpc) is 2.84. The van der Waals surface area contributed by atoms with E-state index in [0.717, 1.165) is 56.8 Å². The number of anilines is 2. The molecule has 7 nitrogen and oxygen atoms in total. The predicted molar refractivity (Wildman–Crippen MR) is 115 cm³/mol. The Balaban J connectivity index is 1.27. The smallest absolute Gasteiger partial charge is 0.225 e. The van der Waals surface area contributed by atoms with Crippen LogP contribution in [0.4, 0.5) is 11.5 Å². The van der Waals surface area contributed by atoms with Gasteiger partial charge in [0.05, 0.1) is 5.56 Å². The molecule has 2 fully saturated rings. The Bertz CT molecular complexity index is 920. The number of aldehydes is 1. The predicted octanol–water partition coefficient (Wildman–Crippen LogP) is 2.33. The van der Waals surface area contributed by atoms with Crippen molar-refractivity contribution >= 4 is 23.7 Å². The molecule has 0 radical (unpaired) electrons. The van der Waals surface area contributed by atoms with Crippen molar-refractivity contribution in [3.8, 4) is 6.07 Å². The average molecular weight is 403 g/mol. The van der Waals surface area contributed by atoms with Crippen LogP contribution < -0.4 is 9.80 Å². The Morgan fingerprint density at radius 3 is 2.23 bits per heavy atom. The van der Waals surface area contributed by atoms with Gasteiger partial charge >= 0.3 is 0 Å². The van der Waals surface area contributed by atoms with E-state index >= 15 is 0 Å². The first-order valence-corrected chi connectivity index (χ1v) is 10.4. The van der Waals surface area contributed by atoms with Crippen LogP contribution >= 0.6 is 0 Å². The van der Waals surface area contributed by atoms with Crippen molar-refractivity contribution in [1.82, 2.24) is 9.88 Å². The number of carbonyl (C=O) groups is 2. The van der Waals surface area contributed by atoms with E-state index in [4.69, 9.17) is 5.26 Å². The second-order valence-corrected chi connectivity index (χ2v) is 7.80. The Morgan fingerprint density at radius 1 is 0.967 bits per heavy atom. The number of piperidine rings is 1. The van der Waals surface area contributed by atoms with Crippen LogP contribution in [0.15, 0.2) is 42.6 Å². The first-order chi connectivity index (χ1) is 14.7. The van der Waals surface area contributed by atoms with Gasteiger partial charge in [0, 0.05) is 62.6 Å². The number of rotatable bonds is 4. The van der Waals surface area contributed by atoms with Crippen molar-refractivity contribution in [3.05, 3.63) is 53.7 Å². The molecular formula is C23H25N5O2. The lowest BCUT2D eigenvalue weighted by Gasteiger charge is -2.39. The number of amides is 1. The summed E-state index contributed by atoms with van der Waals surface area (Å²) in [7, 11) is 0. The summed E-state index contributed by atoms with van der Waals surface area (Å²) >= 11 is 0. The first-order valence-electron chi connectivity index (χ1n) is 10.4. The van der Waals surface area contributed by atoms with Gasteiger partial charge in [0.25, 0.3) is 0 Å². The van der Waals surface area contributed by atoms with Gasteiger partial charge in [-0.25, -0.2) is 4.98 Å². The molecule has 1 aromatic heterocycles. The van der Waals surface area contributed by atoms with Gasteiger partial charge in [0.15, 0.2) is 0 Å². The van der Waals surface area contributed by atoms with Crippen LogP contribution in [0.25, 0.3) is 0 Å². The molecule has 1 amide bonds. The number of pyridine rings is 1. The highest BCUT2D eigenvalue weighted by Crippen LogP contribution is 2.25. The van der Waals surface area contributed by atoms with Gasteiger partial charge in [-0.05, 0) is 49.2 Å². The zero-order chi connectivity index (χ0) is 20.9. The monoisotopic (exact) mass is 403 g/mol. The molecule has 0 spiro atoms. The SMILES string of the molecule is N#Cc1ccc(N2CCN(C(=O)C3CCN(c4ccc(C=O)cc4)CC3)CC2)nc1. The lowest BCUT2D eigenvalue weighted by atomic mass is 9.94. The maximum Gasteiger partial charge on any atom is 0.225 e. The quantitative estimate of drug-likeness (QED) is 0.729. The first kappa shape index (κ1) is 19.9. The van der Waals surface area contributed by atoms with Crippen molar-refractivity contribution in [3.63, 3.8) is 0 Å². The molecule has 7 heteroatoms. The fourth-order valence-corrected chi connectivity index (χ4v) is 4.20. The van der Waals surface area contributed by atoms with Crippen molar-refractivity contribution in [2.24, 2.45) is 5.92 Å². The zero-order valence-electron chi connectivity index (χ0n) is 16.9. The number of piperazine rings is 1. The van der Waals surface area contributed by atoms with E-state index in [0.29, 0.717) is 24.2 Å². The van der Waals surface area contributed by atoms with Gasteiger partial charge < -0.3 is 14.7 Å². The normalized spacial score (nSPS) is 17.5. The standard InChI is InChI=1S/C23H25N5O2/c24-15-19-3-6-22(25-16-19)27-11-13-28(14-12-27)23(30)20-7-9-26(10-8-20)21-4-1-18(17-29)2-5-21/h1-6,16-17,20H,7-14H2. The summed E-state index contributed by atoms with van der Waals surface area (Å²) in [6.45, 7) is 4.62. The highest BCUT2D eigenvalue weighted by molar-refractivity contribution is 5.79. The molecule has 0 N–H and O–H groups in total. The highest BCUT2D eigenvalue weighted by atomic mass is 16.2. The summed E-state index contributed by atoms with van der Waals surface area (Å²) in [5.41, 5.74) is 2.34. The Kier molecular flexibility index (Phi) is 5.94. The highest BCUT2D eigenvalue weighted by Gasteiger charge is 2.30. The summed E-state index contributed by atoms with van der Waals surface area (Å²) in [5.74, 6) is 1.20. The van der Waals surface area contributed by atoms with Crippen LogP contribution in [0.2, 0.25) is 0 Å². The second-order valence-electron chi connectivity index (χ2n) is 7.80. The van der Waals surface area contributed by atoms with Crippen molar-refractivity contribution in [2.45, 2.75) is 12.8 Å². The molecular weight excluding hydrogens is 378 g/mol. The molecule has 0 unspecified atom stereocenters. The summed E-state index contributed by atoms with van der Waals surface area (Å²) in [4.78, 5) is 34.6. The summed E-state index contributed by atoms with van der Waals surface area (Å²) in [5, 5.41) is 8.90. The largest absolute Gasteiger partial charge is 0.371 e. The van der Waals surface area contributed by atoms with Gasteiger partial charge in [-0.3, -0.25) is 9.59 Å². The van der Waals surface area contributed by atoms with E-state index < -0.39 is 0 Å². The minimum Gasteiger partial charge on any atom is -0.371 e. The Labute approximate surface area is 176 Å². The minimum atomic E-state index is 0.0788. The molecule has 3 heterocycles. The molecule has 30 heavy (non-hydrogen) atoms. The Hall–Kier alpha value is -3.40. The number of nitrogens with zero attached hydrogens (tertiary/aromatic N) is 5. The van der Waals surface area contributed by atoms with Gasteiger partial charge in [-0.2, -0.15) is 5.26 Å². The molecule has 0 saturated carbocycles. The molecule has 0 bridgehead atoms. The number of carbonyl (C=O) groups excluding carboxylic acids is 2. The number of aromatic nitrogens is 1. The van der Waals surface area contributed by atoms with Crippen molar-refractivity contribution < 1.29 is 9.59 Å². The number of benzene rings is 1. The minimum absolute atomic E-state index is 0.0788. The van der Waals surface area contributed by atoms with Crippen LogP contribution in [0, 0.1) is 17.2 Å². The van der Waals surface area contributed by atoms with E-state index in [-0.39, 0.29) is 11.8 Å². The molecule has 0 atom stereocenters. The van der Waals surface area contributed by atoms with Gasteiger partial charge in [0.1, 0.15) is 18.2 Å². The fourth-order valence-electron chi connectivity index (χ4n) is 4.20. The topological polar surface area (TPSA) is 80.5 Å². The third kappa shape index (κ3) is 4.28. The third-order valence-corrected chi connectivity index (χ3v) is 6.03. The number of hydrogen-bond acceptors (Lipinski definition) is 6. The summed E-state index contributed by atoms with van der Waals surface area (Å²) < 4.78 is 0. The van der Waals surface area contributed by atoms with Crippen LogP contribution in [-0.2, 0) is 4.79 Å². The maximum absolute atomic E-state index is 13.0. The molecule has 2 saturated heterocycles. The third-order valence-electron chi connectivity index (χ3n) is 6.03. The maximum atomic E-state index is 13.0. The van der Waals surface area contributed by atoms with Crippen LogP contribution in [0.3, 0.4) is 0 Å². The molecule has 154 valence electrons. The summed E-state index contributed by atoms with van der Waals surface area (Å²) in [6, 6.07) is 13.3. The number of hydrogen-bond donors (Lipinski definition) is 0. The van der Waals surface area contributed by atoms with E-state index in [1.807, 2.05) is 35.2 Å². The van der Waals surface area contributed by atoms with Crippen molar-refractivity contribution in [2.75, 3.05) is 49.1 Å². The lowest BCUT2D eigenvalue weighted by molar-refractivity contribution is -0.136. The van der Waals surface area contributed by atoms with E-state index in [2.05, 4.69) is 20.9 Å². The fraction of sp³-hybridized carbons (Fsp3) is 0.391. The molecule has 1 aromatic carbocycles. The molecule has 4 rings (SSSR count). The Morgan fingerprint density at radius 2 is 1.67 bits per heavy atom. The lowest BCUT2D eigenvalue weighted by Crippen LogP contribution is -2.52. The van der Waals surface area contributed by atoms with Crippen LogP contribution in [-0.4, -0.2) is 61.3 Å². The second kappa shape index (κ2) is 8.95. The zero-order valence-corrected chi connectivity index (χ0v) is 16.9.